The molecule has 0 radical (unpaired) electrons. The SMILES string of the molecule is C=CC[n+]1ccn(CCCCCCCCCCCC)c1C.[Cl-]. The normalized spacial score (nSPS) is 10.5. The van der Waals surface area contributed by atoms with Gasteiger partial charge in [-0.25, -0.2) is 9.13 Å². The Balaban J connectivity index is 0.00000441. The van der Waals surface area contributed by atoms with Crippen molar-refractivity contribution >= 4 is 0 Å². The van der Waals surface area contributed by atoms with Crippen LogP contribution in [0.2, 0.25) is 0 Å². The van der Waals surface area contributed by atoms with Gasteiger partial charge in [0.15, 0.2) is 0 Å². The van der Waals surface area contributed by atoms with E-state index in [1.807, 2.05) is 6.08 Å². The standard InChI is InChI=1S/C19H35N2.ClH/c1-4-6-7-8-9-10-11-12-13-14-16-21-18-17-20(15-5-2)19(21)3;/h5,17-18H,2,4,6-16H2,1,3H3;1H/q+1;/p-1. The lowest BCUT2D eigenvalue weighted by Crippen LogP contribution is -3.00. The zero-order valence-corrected chi connectivity index (χ0v) is 15.5. The van der Waals surface area contributed by atoms with Gasteiger partial charge in [0.25, 0.3) is 5.82 Å². The Morgan fingerprint density at radius 1 is 1.00 bits per heavy atom. The minimum absolute atomic E-state index is 0. The first kappa shape index (κ1) is 21.2. The third-order valence-corrected chi connectivity index (χ3v) is 4.34. The molecular weight excluding hydrogens is 292 g/mol. The highest BCUT2D eigenvalue weighted by Crippen LogP contribution is 2.11. The monoisotopic (exact) mass is 326 g/mol. The highest BCUT2D eigenvalue weighted by Gasteiger charge is 2.09. The number of halogens is 1. The molecule has 22 heavy (non-hydrogen) atoms. The van der Waals surface area contributed by atoms with Crippen molar-refractivity contribution in [3.8, 4) is 0 Å². The van der Waals surface area contributed by atoms with Crippen LogP contribution < -0.4 is 17.0 Å². The molecule has 0 saturated heterocycles. The Bertz CT molecular complexity index is 385. The van der Waals surface area contributed by atoms with Gasteiger partial charge < -0.3 is 12.4 Å². The second-order valence-electron chi connectivity index (χ2n) is 6.16. The molecule has 0 saturated carbocycles. The number of rotatable bonds is 13. The molecule has 2 nitrogen and oxygen atoms in total. The molecule has 0 bridgehead atoms. The maximum absolute atomic E-state index is 3.80. The summed E-state index contributed by atoms with van der Waals surface area (Å²) in [5, 5.41) is 0. The van der Waals surface area contributed by atoms with Crippen LogP contribution >= 0.6 is 0 Å². The Hall–Kier alpha value is -0.760. The first-order valence-electron chi connectivity index (χ1n) is 8.95. The largest absolute Gasteiger partial charge is 1.00 e. The topological polar surface area (TPSA) is 8.81 Å². The van der Waals surface area contributed by atoms with Crippen molar-refractivity contribution in [3.05, 3.63) is 30.9 Å². The molecule has 3 heteroatoms. The summed E-state index contributed by atoms with van der Waals surface area (Å²) in [6.45, 7) is 10.4. The van der Waals surface area contributed by atoms with Gasteiger partial charge in [-0.15, -0.1) is 0 Å². The van der Waals surface area contributed by atoms with Crippen LogP contribution in [0, 0.1) is 6.92 Å². The molecule has 1 aromatic rings. The van der Waals surface area contributed by atoms with Crippen LogP contribution in [0.1, 0.15) is 77.0 Å². The fourth-order valence-electron chi connectivity index (χ4n) is 2.88. The molecule has 0 N–H and O–H groups in total. The molecule has 0 fully saturated rings. The van der Waals surface area contributed by atoms with E-state index in [2.05, 4.69) is 42.0 Å². The second kappa shape index (κ2) is 13.9. The van der Waals surface area contributed by atoms with E-state index in [1.54, 1.807) is 0 Å². The average molecular weight is 327 g/mol. The third kappa shape index (κ3) is 8.63. The first-order valence-corrected chi connectivity index (χ1v) is 8.95. The van der Waals surface area contributed by atoms with Crippen LogP contribution in [0.25, 0.3) is 0 Å². The summed E-state index contributed by atoms with van der Waals surface area (Å²) in [6, 6.07) is 0. The summed E-state index contributed by atoms with van der Waals surface area (Å²) < 4.78 is 4.62. The number of hydrogen-bond donors (Lipinski definition) is 0. The lowest BCUT2D eigenvalue weighted by atomic mass is 10.1. The summed E-state index contributed by atoms with van der Waals surface area (Å²) in [7, 11) is 0. The van der Waals surface area contributed by atoms with E-state index < -0.39 is 0 Å². The Labute approximate surface area is 144 Å². The van der Waals surface area contributed by atoms with Crippen LogP contribution in [-0.4, -0.2) is 4.57 Å². The molecule has 0 aromatic carbocycles. The van der Waals surface area contributed by atoms with E-state index in [-0.39, 0.29) is 12.4 Å². The number of unbranched alkanes of at least 4 members (excludes halogenated alkanes) is 9. The van der Waals surface area contributed by atoms with Crippen LogP contribution in [-0.2, 0) is 13.1 Å². The van der Waals surface area contributed by atoms with Crippen LogP contribution in [0.3, 0.4) is 0 Å². The third-order valence-electron chi connectivity index (χ3n) is 4.34. The molecule has 0 spiro atoms. The number of aryl methyl sites for hydroxylation is 1. The highest BCUT2D eigenvalue weighted by molar-refractivity contribution is 4.80. The van der Waals surface area contributed by atoms with Gasteiger partial charge in [0.2, 0.25) is 0 Å². The molecule has 0 atom stereocenters. The summed E-state index contributed by atoms with van der Waals surface area (Å²) in [5.74, 6) is 1.34. The maximum Gasteiger partial charge on any atom is 0.253 e. The molecule has 0 aliphatic carbocycles. The van der Waals surface area contributed by atoms with Gasteiger partial charge in [0.1, 0.15) is 18.9 Å². The average Bonchev–Trinajstić information content (AvgIpc) is 2.83. The quantitative estimate of drug-likeness (QED) is 0.298. The Morgan fingerprint density at radius 2 is 1.55 bits per heavy atom. The molecule has 0 amide bonds. The number of allylic oxidation sites excluding steroid dienone is 1. The van der Waals surface area contributed by atoms with Crippen LogP contribution in [0.4, 0.5) is 0 Å². The molecule has 1 heterocycles. The van der Waals surface area contributed by atoms with Crippen molar-refractivity contribution in [1.29, 1.82) is 0 Å². The number of imidazole rings is 1. The molecule has 1 aromatic heterocycles. The molecule has 0 unspecified atom stereocenters. The molecular formula is C19H35ClN2. The van der Waals surface area contributed by atoms with Gasteiger partial charge >= 0.3 is 0 Å². The predicted molar refractivity (Wildman–Crippen MR) is 91.4 cm³/mol. The Kier molecular flexibility index (Phi) is 13.4. The van der Waals surface area contributed by atoms with Gasteiger partial charge in [-0.2, -0.15) is 0 Å². The van der Waals surface area contributed by atoms with Gasteiger partial charge in [0.05, 0.1) is 6.54 Å². The van der Waals surface area contributed by atoms with Crippen molar-refractivity contribution < 1.29 is 17.0 Å². The zero-order valence-electron chi connectivity index (χ0n) is 14.7. The summed E-state index contributed by atoms with van der Waals surface area (Å²) >= 11 is 0. The second-order valence-corrected chi connectivity index (χ2v) is 6.16. The van der Waals surface area contributed by atoms with E-state index in [4.69, 9.17) is 0 Å². The molecule has 1 rings (SSSR count). The minimum Gasteiger partial charge on any atom is -1.00 e. The molecule has 0 aliphatic heterocycles. The fraction of sp³-hybridized carbons (Fsp3) is 0.737. The summed E-state index contributed by atoms with van der Waals surface area (Å²) in [4.78, 5) is 0. The smallest absolute Gasteiger partial charge is 0.253 e. The van der Waals surface area contributed by atoms with E-state index >= 15 is 0 Å². The maximum atomic E-state index is 3.80. The van der Waals surface area contributed by atoms with Crippen LogP contribution in [0.15, 0.2) is 25.0 Å². The summed E-state index contributed by atoms with van der Waals surface area (Å²) in [6.07, 6.45) is 20.4. The van der Waals surface area contributed by atoms with E-state index in [0.29, 0.717) is 0 Å². The first-order chi connectivity index (χ1) is 10.3. The van der Waals surface area contributed by atoms with E-state index in [1.165, 1.54) is 70.0 Å². The van der Waals surface area contributed by atoms with E-state index in [9.17, 15) is 0 Å². The molecule has 0 aliphatic rings. The molecule has 128 valence electrons. The zero-order chi connectivity index (χ0) is 15.3. The van der Waals surface area contributed by atoms with Crippen LogP contribution in [0.5, 0.6) is 0 Å². The van der Waals surface area contributed by atoms with E-state index in [0.717, 1.165) is 13.1 Å². The van der Waals surface area contributed by atoms with Gasteiger partial charge in [-0.1, -0.05) is 70.9 Å². The highest BCUT2D eigenvalue weighted by atomic mass is 35.5. The van der Waals surface area contributed by atoms with Crippen molar-refractivity contribution in [1.82, 2.24) is 4.57 Å². The van der Waals surface area contributed by atoms with Gasteiger partial charge in [-0.3, -0.25) is 0 Å². The Morgan fingerprint density at radius 3 is 2.09 bits per heavy atom. The van der Waals surface area contributed by atoms with Crippen molar-refractivity contribution in [3.63, 3.8) is 0 Å². The lowest BCUT2D eigenvalue weighted by molar-refractivity contribution is -0.692. The van der Waals surface area contributed by atoms with Crippen molar-refractivity contribution in [2.24, 2.45) is 0 Å². The number of hydrogen-bond acceptors (Lipinski definition) is 0. The summed E-state index contributed by atoms with van der Waals surface area (Å²) in [5.41, 5.74) is 0. The minimum atomic E-state index is 0. The van der Waals surface area contributed by atoms with Gasteiger partial charge in [-0.05, 0) is 12.8 Å². The predicted octanol–water partition coefficient (Wildman–Crippen LogP) is 2.19. The number of aromatic nitrogens is 2. The lowest BCUT2D eigenvalue weighted by Gasteiger charge is -2.02. The fourth-order valence-corrected chi connectivity index (χ4v) is 2.88. The van der Waals surface area contributed by atoms with Crippen molar-refractivity contribution in [2.45, 2.75) is 91.1 Å². The van der Waals surface area contributed by atoms with Crippen molar-refractivity contribution in [2.75, 3.05) is 0 Å². The number of nitrogens with zero attached hydrogens (tertiary/aromatic N) is 2. The van der Waals surface area contributed by atoms with Gasteiger partial charge in [0, 0.05) is 6.92 Å².